The monoisotopic (exact) mass is 600 g/mol. The molecule has 1 aromatic carbocycles. The summed E-state index contributed by atoms with van der Waals surface area (Å²) in [6.07, 6.45) is 1.59. The first kappa shape index (κ1) is 26.7. The molecule has 0 bridgehead atoms. The summed E-state index contributed by atoms with van der Waals surface area (Å²) >= 11 is 10.2. The molecule has 1 atom stereocenters. The van der Waals surface area contributed by atoms with Crippen LogP contribution >= 0.6 is 27.5 Å². The number of aliphatic hydroxyl groups is 1. The SMILES string of the molecule is CNC[C@@H](O)COc1ccc(Cl)c(-c2nc(-c3c(C)c(Br)nn3C)c(C)c(N3CC4(CN(C#N)C4)C3)n2)c1. The molecular weight excluding hydrogens is 572 g/mol. The van der Waals surface area contributed by atoms with Gasteiger partial charge < -0.3 is 25.0 Å². The minimum Gasteiger partial charge on any atom is -0.491 e. The summed E-state index contributed by atoms with van der Waals surface area (Å²) < 4.78 is 8.41. The standard InChI is InChI=1S/C26H30BrClN8O2/c1-15-21(22-16(2)23(27)33-34(22)4)31-24(32-25(15)36-12-26(13-36)10-35(11-26)14-29)19-7-18(5-6-20(19)28)38-9-17(37)8-30-3/h5-7,17,30,37H,8-13H2,1-4H3/t17-/m1/s1. The Morgan fingerprint density at radius 3 is 2.61 bits per heavy atom. The van der Waals surface area contributed by atoms with Gasteiger partial charge in [-0.1, -0.05) is 11.6 Å². The van der Waals surface area contributed by atoms with E-state index in [0.29, 0.717) is 28.7 Å². The highest BCUT2D eigenvalue weighted by atomic mass is 79.9. The molecular formula is C26H30BrClN8O2. The third-order valence-electron chi connectivity index (χ3n) is 7.18. The molecule has 0 amide bonds. The molecule has 2 fully saturated rings. The topological polar surface area (TPSA) is 115 Å². The van der Waals surface area contributed by atoms with Gasteiger partial charge in [0, 0.05) is 61.9 Å². The lowest BCUT2D eigenvalue weighted by atomic mass is 9.73. The summed E-state index contributed by atoms with van der Waals surface area (Å²) in [5.41, 5.74) is 4.39. The van der Waals surface area contributed by atoms with Crippen molar-refractivity contribution in [2.45, 2.75) is 20.0 Å². The van der Waals surface area contributed by atoms with Crippen LogP contribution in [0, 0.1) is 30.7 Å². The maximum atomic E-state index is 10.1. The fraction of sp³-hybridized carbons (Fsp3) is 0.462. The molecule has 2 aromatic heterocycles. The summed E-state index contributed by atoms with van der Waals surface area (Å²) in [5, 5.41) is 27.2. The number of nitriles is 1. The molecule has 2 aliphatic heterocycles. The number of aryl methyl sites for hydroxylation is 1. The maximum Gasteiger partial charge on any atom is 0.179 e. The zero-order valence-corrected chi connectivity index (χ0v) is 24.1. The van der Waals surface area contributed by atoms with E-state index in [1.165, 1.54) is 0 Å². The Hall–Kier alpha value is -2.91. The second kappa shape index (κ2) is 10.3. The average molecular weight is 602 g/mol. The number of aliphatic hydroxyl groups excluding tert-OH is 1. The Labute approximate surface area is 235 Å². The quantitative estimate of drug-likeness (QED) is 0.376. The molecule has 3 aromatic rings. The number of likely N-dealkylation sites (tertiary alicyclic amines) is 1. The molecule has 10 nitrogen and oxygen atoms in total. The summed E-state index contributed by atoms with van der Waals surface area (Å²) in [6, 6.07) is 5.34. The van der Waals surface area contributed by atoms with Crippen molar-refractivity contribution in [2.24, 2.45) is 12.5 Å². The molecule has 200 valence electrons. The number of likely N-dealkylation sites (N-methyl/N-ethyl adjacent to an activating group) is 1. The molecule has 1 spiro atoms. The summed E-state index contributed by atoms with van der Waals surface area (Å²) in [7, 11) is 3.68. The van der Waals surface area contributed by atoms with Gasteiger partial charge in [-0.25, -0.2) is 9.97 Å². The van der Waals surface area contributed by atoms with Crippen LogP contribution in [-0.2, 0) is 7.05 Å². The van der Waals surface area contributed by atoms with Crippen molar-refractivity contribution < 1.29 is 9.84 Å². The number of halogens is 2. The maximum absolute atomic E-state index is 10.1. The Morgan fingerprint density at radius 2 is 1.97 bits per heavy atom. The van der Waals surface area contributed by atoms with E-state index in [9.17, 15) is 10.4 Å². The van der Waals surface area contributed by atoms with Crippen LogP contribution in [0.15, 0.2) is 22.8 Å². The van der Waals surface area contributed by atoms with E-state index >= 15 is 0 Å². The van der Waals surface area contributed by atoms with Crippen LogP contribution in [0.5, 0.6) is 5.75 Å². The van der Waals surface area contributed by atoms with E-state index in [4.69, 9.17) is 26.3 Å². The number of benzene rings is 1. The van der Waals surface area contributed by atoms with Crippen LogP contribution < -0.4 is 15.0 Å². The van der Waals surface area contributed by atoms with E-state index in [-0.39, 0.29) is 12.0 Å². The van der Waals surface area contributed by atoms with Crippen LogP contribution in [0.2, 0.25) is 5.02 Å². The highest BCUT2D eigenvalue weighted by Crippen LogP contribution is 2.44. The number of anilines is 1. The molecule has 2 aliphatic rings. The van der Waals surface area contributed by atoms with Gasteiger partial charge in [0.15, 0.2) is 12.0 Å². The van der Waals surface area contributed by atoms with Crippen LogP contribution in [0.4, 0.5) is 5.82 Å². The second-order valence-electron chi connectivity index (χ2n) is 10.2. The normalized spacial score (nSPS) is 16.7. The first-order valence-electron chi connectivity index (χ1n) is 12.4. The zero-order valence-electron chi connectivity index (χ0n) is 21.8. The van der Waals surface area contributed by atoms with Gasteiger partial charge in [-0.2, -0.15) is 10.4 Å². The zero-order chi connectivity index (χ0) is 27.2. The van der Waals surface area contributed by atoms with Crippen molar-refractivity contribution in [1.29, 1.82) is 5.26 Å². The summed E-state index contributed by atoms with van der Waals surface area (Å²) in [4.78, 5) is 14.0. The van der Waals surface area contributed by atoms with Gasteiger partial charge >= 0.3 is 0 Å². The van der Waals surface area contributed by atoms with E-state index in [1.807, 2.05) is 31.6 Å². The minimum atomic E-state index is -0.638. The third-order valence-corrected chi connectivity index (χ3v) is 8.26. The Balaban J connectivity index is 1.55. The van der Waals surface area contributed by atoms with Crippen molar-refractivity contribution in [3.63, 3.8) is 0 Å². The molecule has 38 heavy (non-hydrogen) atoms. The minimum absolute atomic E-state index is 0.137. The highest BCUT2D eigenvalue weighted by molar-refractivity contribution is 9.10. The second-order valence-corrected chi connectivity index (χ2v) is 11.4. The van der Waals surface area contributed by atoms with Gasteiger partial charge in [-0.15, -0.1) is 0 Å². The van der Waals surface area contributed by atoms with Crippen molar-refractivity contribution >= 4 is 33.3 Å². The predicted octanol–water partition coefficient (Wildman–Crippen LogP) is 3.14. The number of rotatable bonds is 8. The number of hydrogen-bond donors (Lipinski definition) is 2. The van der Waals surface area contributed by atoms with Gasteiger partial charge in [-0.05, 0) is 55.0 Å². The first-order chi connectivity index (χ1) is 18.1. The van der Waals surface area contributed by atoms with Gasteiger partial charge in [0.25, 0.3) is 0 Å². The largest absolute Gasteiger partial charge is 0.491 e. The van der Waals surface area contributed by atoms with E-state index in [0.717, 1.165) is 59.1 Å². The predicted molar refractivity (Wildman–Crippen MR) is 149 cm³/mol. The van der Waals surface area contributed by atoms with E-state index < -0.39 is 6.10 Å². The molecule has 0 saturated carbocycles. The number of aromatic nitrogens is 4. The Bertz CT molecular complexity index is 1410. The smallest absolute Gasteiger partial charge is 0.179 e. The highest BCUT2D eigenvalue weighted by Gasteiger charge is 2.52. The third kappa shape index (κ3) is 4.82. The van der Waals surface area contributed by atoms with Crippen LogP contribution in [0.1, 0.15) is 11.1 Å². The molecule has 0 radical (unpaired) electrons. The average Bonchev–Trinajstić information content (AvgIpc) is 3.09. The van der Waals surface area contributed by atoms with Crippen LogP contribution in [0.25, 0.3) is 22.8 Å². The molecule has 2 saturated heterocycles. The van der Waals surface area contributed by atoms with Gasteiger partial charge in [0.2, 0.25) is 0 Å². The fourth-order valence-corrected chi connectivity index (χ4v) is 5.92. The van der Waals surface area contributed by atoms with Crippen LogP contribution in [0.3, 0.4) is 0 Å². The number of nitrogens with zero attached hydrogens (tertiary/aromatic N) is 7. The number of nitrogens with one attached hydrogen (secondary N) is 1. The van der Waals surface area contributed by atoms with Crippen LogP contribution in [-0.4, -0.2) is 82.2 Å². The number of hydrogen-bond acceptors (Lipinski definition) is 9. The van der Waals surface area contributed by atoms with Crippen molar-refractivity contribution in [3.05, 3.63) is 39.0 Å². The lowest BCUT2D eigenvalue weighted by molar-refractivity contribution is 0.0190. The first-order valence-corrected chi connectivity index (χ1v) is 13.5. The fourth-order valence-electron chi connectivity index (χ4n) is 5.29. The summed E-state index contributed by atoms with van der Waals surface area (Å²) in [5.74, 6) is 1.89. The van der Waals surface area contributed by atoms with E-state index in [2.05, 4.69) is 37.4 Å². The lowest BCUT2D eigenvalue weighted by Crippen LogP contribution is -2.71. The van der Waals surface area contributed by atoms with Gasteiger partial charge in [0.1, 0.15) is 28.9 Å². The van der Waals surface area contributed by atoms with E-state index in [1.54, 1.807) is 24.1 Å². The van der Waals surface area contributed by atoms with Crippen molar-refractivity contribution in [2.75, 3.05) is 51.3 Å². The van der Waals surface area contributed by atoms with Crippen molar-refractivity contribution in [3.8, 4) is 34.7 Å². The van der Waals surface area contributed by atoms with Crippen molar-refractivity contribution in [1.82, 2.24) is 30.0 Å². The molecule has 2 N–H and O–H groups in total. The molecule has 0 unspecified atom stereocenters. The molecule has 4 heterocycles. The summed E-state index contributed by atoms with van der Waals surface area (Å²) in [6.45, 7) is 7.83. The number of ether oxygens (including phenoxy) is 1. The Morgan fingerprint density at radius 1 is 1.24 bits per heavy atom. The molecule has 12 heteroatoms. The van der Waals surface area contributed by atoms with Gasteiger partial charge in [-0.3, -0.25) is 4.68 Å². The van der Waals surface area contributed by atoms with Gasteiger partial charge in [0.05, 0.1) is 16.4 Å². The molecule has 0 aliphatic carbocycles. The lowest BCUT2D eigenvalue weighted by Gasteiger charge is -2.59. The molecule has 5 rings (SSSR count). The Kier molecular flexibility index (Phi) is 7.26.